The van der Waals surface area contributed by atoms with E-state index in [0.29, 0.717) is 10.1 Å². The summed E-state index contributed by atoms with van der Waals surface area (Å²) in [5.74, 6) is 0.717. The summed E-state index contributed by atoms with van der Waals surface area (Å²) < 4.78 is 6.81. The van der Waals surface area contributed by atoms with Gasteiger partial charge in [-0.2, -0.15) is 0 Å². The van der Waals surface area contributed by atoms with Crippen molar-refractivity contribution in [2.75, 3.05) is 12.8 Å². The van der Waals surface area contributed by atoms with Gasteiger partial charge in [-0.25, -0.2) is 0 Å². The van der Waals surface area contributed by atoms with Crippen LogP contribution < -0.4 is 10.5 Å². The molecule has 68 valence electrons. The first kappa shape index (κ1) is 8.66. The number of anilines is 1. The molecule has 0 saturated carbocycles. The normalized spacial score (nSPS) is 10.6. The average Bonchev–Trinajstić information content (AvgIpc) is 2.43. The van der Waals surface area contributed by atoms with Crippen LogP contribution in [-0.4, -0.2) is 7.11 Å². The van der Waals surface area contributed by atoms with E-state index in [1.54, 1.807) is 7.11 Å². The Hall–Kier alpha value is -0.930. The lowest BCUT2D eigenvalue weighted by atomic mass is 10.2. The van der Waals surface area contributed by atoms with Gasteiger partial charge in [0.1, 0.15) is 4.34 Å². The first-order valence-electron chi connectivity index (χ1n) is 3.74. The molecule has 2 N–H and O–H groups in total. The molecule has 0 amide bonds. The SMILES string of the molecule is COc1c(Cl)sc2c(N)cccc12. The van der Waals surface area contributed by atoms with Crippen LogP contribution in [0.25, 0.3) is 10.1 Å². The van der Waals surface area contributed by atoms with Crippen LogP contribution in [0.5, 0.6) is 5.75 Å². The Kier molecular flexibility index (Phi) is 2.06. The van der Waals surface area contributed by atoms with Crippen molar-refractivity contribution in [3.8, 4) is 5.75 Å². The molecule has 0 radical (unpaired) electrons. The van der Waals surface area contributed by atoms with Gasteiger partial charge in [0.2, 0.25) is 0 Å². The van der Waals surface area contributed by atoms with E-state index in [0.717, 1.165) is 15.8 Å². The average molecular weight is 214 g/mol. The Balaban J connectivity index is 2.86. The molecular formula is C9H8ClNOS. The van der Waals surface area contributed by atoms with Gasteiger partial charge in [0.15, 0.2) is 5.75 Å². The third-order valence-corrected chi connectivity index (χ3v) is 3.29. The van der Waals surface area contributed by atoms with Crippen LogP contribution in [0.1, 0.15) is 0 Å². The van der Waals surface area contributed by atoms with Gasteiger partial charge < -0.3 is 10.5 Å². The Morgan fingerprint density at radius 3 is 2.92 bits per heavy atom. The van der Waals surface area contributed by atoms with Crippen molar-refractivity contribution >= 4 is 38.7 Å². The van der Waals surface area contributed by atoms with Crippen LogP contribution in [-0.2, 0) is 0 Å². The summed E-state index contributed by atoms with van der Waals surface area (Å²) >= 11 is 7.42. The van der Waals surface area contributed by atoms with Crippen molar-refractivity contribution in [1.29, 1.82) is 0 Å². The molecule has 1 aromatic heterocycles. The molecule has 13 heavy (non-hydrogen) atoms. The molecule has 1 heterocycles. The van der Waals surface area contributed by atoms with Crippen LogP contribution in [0.15, 0.2) is 18.2 Å². The summed E-state index contributed by atoms with van der Waals surface area (Å²) in [5.41, 5.74) is 6.53. The lowest BCUT2D eigenvalue weighted by molar-refractivity contribution is 0.421. The van der Waals surface area contributed by atoms with E-state index in [2.05, 4.69) is 0 Å². The van der Waals surface area contributed by atoms with Crippen molar-refractivity contribution in [3.05, 3.63) is 22.5 Å². The molecule has 0 aliphatic carbocycles. The topological polar surface area (TPSA) is 35.2 Å². The monoisotopic (exact) mass is 213 g/mol. The van der Waals surface area contributed by atoms with Crippen LogP contribution >= 0.6 is 22.9 Å². The highest BCUT2D eigenvalue weighted by Crippen LogP contribution is 2.43. The van der Waals surface area contributed by atoms with Gasteiger partial charge in [0.25, 0.3) is 0 Å². The number of thiophene rings is 1. The van der Waals surface area contributed by atoms with Crippen molar-refractivity contribution in [2.45, 2.75) is 0 Å². The van der Waals surface area contributed by atoms with Gasteiger partial charge in [-0.05, 0) is 12.1 Å². The number of nitrogens with two attached hydrogens (primary N) is 1. The smallest absolute Gasteiger partial charge is 0.156 e. The first-order valence-corrected chi connectivity index (χ1v) is 4.94. The van der Waals surface area contributed by atoms with E-state index < -0.39 is 0 Å². The van der Waals surface area contributed by atoms with Gasteiger partial charge in [0.05, 0.1) is 11.8 Å². The summed E-state index contributed by atoms with van der Waals surface area (Å²) in [6.07, 6.45) is 0. The number of fused-ring (bicyclic) bond motifs is 1. The fraction of sp³-hybridized carbons (Fsp3) is 0.111. The highest BCUT2D eigenvalue weighted by molar-refractivity contribution is 7.23. The Morgan fingerprint density at radius 2 is 2.23 bits per heavy atom. The highest BCUT2D eigenvalue weighted by Gasteiger charge is 2.11. The Labute approximate surface area is 84.9 Å². The molecule has 0 aliphatic rings. The summed E-state index contributed by atoms with van der Waals surface area (Å²) in [6, 6.07) is 5.70. The molecule has 0 unspecified atom stereocenters. The largest absolute Gasteiger partial charge is 0.494 e. The van der Waals surface area contributed by atoms with E-state index >= 15 is 0 Å². The second-order valence-electron chi connectivity index (χ2n) is 2.63. The molecular weight excluding hydrogens is 206 g/mol. The second-order valence-corrected chi connectivity index (χ2v) is 4.26. The number of ether oxygens (including phenoxy) is 1. The molecule has 4 heteroatoms. The van der Waals surface area contributed by atoms with Crippen LogP contribution in [0.3, 0.4) is 0 Å². The summed E-state index contributed by atoms with van der Waals surface area (Å²) in [7, 11) is 1.61. The van der Waals surface area contributed by atoms with E-state index in [-0.39, 0.29) is 0 Å². The summed E-state index contributed by atoms with van der Waals surface area (Å²) in [4.78, 5) is 0. The first-order chi connectivity index (χ1) is 6.24. The summed E-state index contributed by atoms with van der Waals surface area (Å²) in [5, 5.41) is 0.984. The zero-order valence-corrected chi connectivity index (χ0v) is 8.58. The quantitative estimate of drug-likeness (QED) is 0.739. The fourth-order valence-corrected chi connectivity index (χ4v) is 2.61. The number of methoxy groups -OCH3 is 1. The summed E-state index contributed by atoms with van der Waals surface area (Å²) in [6.45, 7) is 0. The van der Waals surface area contributed by atoms with Gasteiger partial charge in [-0.1, -0.05) is 17.7 Å². The van der Waals surface area contributed by atoms with Gasteiger partial charge in [-0.3, -0.25) is 0 Å². The molecule has 2 rings (SSSR count). The van der Waals surface area contributed by atoms with Gasteiger partial charge in [0, 0.05) is 11.1 Å². The molecule has 0 fully saturated rings. The third-order valence-electron chi connectivity index (χ3n) is 1.86. The number of hydrogen-bond donors (Lipinski definition) is 1. The second kappa shape index (κ2) is 3.09. The van der Waals surface area contributed by atoms with Crippen molar-refractivity contribution < 1.29 is 4.74 Å². The van der Waals surface area contributed by atoms with E-state index in [1.165, 1.54) is 11.3 Å². The predicted molar refractivity (Wildman–Crippen MR) is 57.8 cm³/mol. The minimum atomic E-state index is 0.649. The minimum Gasteiger partial charge on any atom is -0.494 e. The molecule has 2 nitrogen and oxygen atoms in total. The number of rotatable bonds is 1. The van der Waals surface area contributed by atoms with Crippen molar-refractivity contribution in [3.63, 3.8) is 0 Å². The van der Waals surface area contributed by atoms with E-state index in [9.17, 15) is 0 Å². The third kappa shape index (κ3) is 1.24. The lowest BCUT2D eigenvalue weighted by Gasteiger charge is -1.97. The van der Waals surface area contributed by atoms with Crippen LogP contribution in [0.2, 0.25) is 4.34 Å². The van der Waals surface area contributed by atoms with Crippen molar-refractivity contribution in [1.82, 2.24) is 0 Å². The maximum atomic E-state index is 5.98. The molecule has 1 aromatic carbocycles. The molecule has 0 spiro atoms. The molecule has 0 bridgehead atoms. The number of halogens is 1. The zero-order valence-electron chi connectivity index (χ0n) is 7.00. The maximum absolute atomic E-state index is 5.98. The molecule has 0 aliphatic heterocycles. The van der Waals surface area contributed by atoms with Gasteiger partial charge in [-0.15, -0.1) is 11.3 Å². The van der Waals surface area contributed by atoms with Crippen LogP contribution in [0, 0.1) is 0 Å². The lowest BCUT2D eigenvalue weighted by Crippen LogP contribution is -1.84. The van der Waals surface area contributed by atoms with E-state index in [1.807, 2.05) is 18.2 Å². The van der Waals surface area contributed by atoms with Crippen molar-refractivity contribution in [2.24, 2.45) is 0 Å². The Morgan fingerprint density at radius 1 is 1.46 bits per heavy atom. The zero-order chi connectivity index (χ0) is 9.42. The molecule has 0 atom stereocenters. The number of benzene rings is 1. The number of hydrogen-bond acceptors (Lipinski definition) is 3. The molecule has 0 saturated heterocycles. The predicted octanol–water partition coefficient (Wildman–Crippen LogP) is 3.15. The minimum absolute atomic E-state index is 0.649. The maximum Gasteiger partial charge on any atom is 0.156 e. The number of nitrogen functional groups attached to an aromatic ring is 1. The van der Waals surface area contributed by atoms with Crippen LogP contribution in [0.4, 0.5) is 5.69 Å². The fourth-order valence-electron chi connectivity index (χ4n) is 1.28. The van der Waals surface area contributed by atoms with E-state index in [4.69, 9.17) is 22.1 Å². The standard InChI is InChI=1S/C9H8ClNOS/c1-12-7-5-3-2-4-6(11)8(5)13-9(7)10/h2-4H,11H2,1H3. The highest BCUT2D eigenvalue weighted by atomic mass is 35.5. The van der Waals surface area contributed by atoms with Gasteiger partial charge >= 0.3 is 0 Å². The molecule has 2 aromatic rings. The Bertz CT molecular complexity index is 452.